The quantitative estimate of drug-likeness (QED) is 0.798. The van der Waals surface area contributed by atoms with Gasteiger partial charge in [-0.1, -0.05) is 0 Å². The van der Waals surface area contributed by atoms with Gasteiger partial charge in [0, 0.05) is 6.54 Å². The highest BCUT2D eigenvalue weighted by atomic mass is 32.2. The molecule has 1 fully saturated rings. The lowest BCUT2D eigenvalue weighted by atomic mass is 10.2. The van der Waals surface area contributed by atoms with E-state index in [1.807, 2.05) is 20.8 Å². The third kappa shape index (κ3) is 7.82. The molecule has 0 radical (unpaired) electrons. The van der Waals surface area contributed by atoms with E-state index in [1.165, 1.54) is 24.3 Å². The van der Waals surface area contributed by atoms with Crippen LogP contribution in [0.5, 0.6) is 0 Å². The lowest BCUT2D eigenvalue weighted by molar-refractivity contribution is 0.0527. The summed E-state index contributed by atoms with van der Waals surface area (Å²) in [6, 6.07) is 0. The van der Waals surface area contributed by atoms with E-state index in [2.05, 4.69) is 28.8 Å². The van der Waals surface area contributed by atoms with Gasteiger partial charge in [0.15, 0.2) is 0 Å². The average Bonchev–Trinajstić information content (AvgIpc) is 2.23. The van der Waals surface area contributed by atoms with Crippen molar-refractivity contribution in [1.29, 1.82) is 0 Å². The van der Waals surface area contributed by atoms with Crippen LogP contribution in [0.2, 0.25) is 0 Å². The van der Waals surface area contributed by atoms with Crippen LogP contribution < -0.4 is 5.32 Å². The Morgan fingerprint density at radius 2 is 2.00 bits per heavy atom. The normalized spacial score (nSPS) is 17.8. The zero-order valence-corrected chi connectivity index (χ0v) is 12.6. The van der Waals surface area contributed by atoms with Gasteiger partial charge >= 0.3 is 6.09 Å². The van der Waals surface area contributed by atoms with Gasteiger partial charge in [0.05, 0.1) is 4.58 Å². The number of ether oxygens (including phenoxy) is 1. The summed E-state index contributed by atoms with van der Waals surface area (Å²) in [5.74, 6) is 2.58. The maximum atomic E-state index is 11.4. The van der Waals surface area contributed by atoms with Gasteiger partial charge < -0.3 is 10.1 Å². The van der Waals surface area contributed by atoms with Crippen molar-refractivity contribution in [3.8, 4) is 0 Å². The molecule has 0 aromatic carbocycles. The minimum Gasteiger partial charge on any atom is -0.444 e. The molecule has 0 saturated carbocycles. The Balaban J connectivity index is 2.01. The van der Waals surface area contributed by atoms with E-state index in [9.17, 15) is 4.79 Å². The second-order valence-corrected chi connectivity index (χ2v) is 8.02. The summed E-state index contributed by atoms with van der Waals surface area (Å²) in [6.07, 6.45) is 3.23. The smallest absolute Gasteiger partial charge is 0.407 e. The number of carbonyl (C=O) groups is 1. The zero-order valence-electron chi connectivity index (χ0n) is 11.0. The predicted octanol–water partition coefficient (Wildman–Crippen LogP) is 3.49. The molecule has 17 heavy (non-hydrogen) atoms. The van der Waals surface area contributed by atoms with Crippen LogP contribution in [0.3, 0.4) is 0 Å². The Hall–Kier alpha value is -0.0300. The minimum atomic E-state index is -0.404. The fraction of sp³-hybridized carbons (Fsp3) is 0.917. The van der Waals surface area contributed by atoms with Crippen molar-refractivity contribution >= 4 is 29.6 Å². The number of alkyl carbamates (subject to hydrolysis) is 1. The number of nitrogens with one attached hydrogen (secondary N) is 1. The molecular weight excluding hydrogens is 254 g/mol. The van der Waals surface area contributed by atoms with Crippen LogP contribution in [0.4, 0.5) is 4.79 Å². The van der Waals surface area contributed by atoms with Crippen LogP contribution in [0.1, 0.15) is 40.0 Å². The van der Waals surface area contributed by atoms with Crippen molar-refractivity contribution in [3.05, 3.63) is 0 Å². The number of carbonyl (C=O) groups excluding carboxylic acids is 1. The fourth-order valence-electron chi connectivity index (χ4n) is 1.48. The molecule has 0 bridgehead atoms. The van der Waals surface area contributed by atoms with E-state index in [1.54, 1.807) is 0 Å². The lowest BCUT2D eigenvalue weighted by Gasteiger charge is -2.21. The Kier molecular flexibility index (Phi) is 6.55. The number of rotatable bonds is 4. The van der Waals surface area contributed by atoms with Crippen molar-refractivity contribution in [2.24, 2.45) is 0 Å². The molecule has 0 spiro atoms. The van der Waals surface area contributed by atoms with Crippen molar-refractivity contribution in [1.82, 2.24) is 5.32 Å². The molecule has 3 nitrogen and oxygen atoms in total. The molecule has 0 aliphatic carbocycles. The molecule has 1 heterocycles. The van der Waals surface area contributed by atoms with E-state index in [0.717, 1.165) is 11.0 Å². The number of thioether (sulfide) groups is 2. The summed E-state index contributed by atoms with van der Waals surface area (Å²) >= 11 is 4.10. The molecule has 0 unspecified atom stereocenters. The van der Waals surface area contributed by atoms with Gasteiger partial charge in [-0.3, -0.25) is 0 Å². The summed E-state index contributed by atoms with van der Waals surface area (Å²) in [5, 5.41) is 2.80. The number of amides is 1. The standard InChI is InChI=1S/C12H23NO2S2/c1-12(2,3)15-11(14)13-7-4-6-10-16-8-5-9-17-10/h10H,4-9H2,1-3H3,(H,13,14). The monoisotopic (exact) mass is 277 g/mol. The first-order valence-corrected chi connectivity index (χ1v) is 8.27. The van der Waals surface area contributed by atoms with E-state index >= 15 is 0 Å². The second kappa shape index (κ2) is 7.41. The third-order valence-electron chi connectivity index (χ3n) is 2.18. The first-order chi connectivity index (χ1) is 7.97. The molecule has 1 aliphatic heterocycles. The van der Waals surface area contributed by atoms with E-state index in [0.29, 0.717) is 6.54 Å². The van der Waals surface area contributed by atoms with Crippen molar-refractivity contribution < 1.29 is 9.53 Å². The SMILES string of the molecule is CC(C)(C)OC(=O)NCCCC1SCCCS1. The highest BCUT2D eigenvalue weighted by Gasteiger charge is 2.16. The van der Waals surface area contributed by atoms with E-state index < -0.39 is 5.60 Å². The molecule has 1 rings (SSSR count). The van der Waals surface area contributed by atoms with Crippen molar-refractivity contribution in [2.75, 3.05) is 18.1 Å². The molecule has 5 heteroatoms. The Bertz CT molecular complexity index is 235. The molecule has 1 saturated heterocycles. The highest BCUT2D eigenvalue weighted by molar-refractivity contribution is 8.17. The van der Waals surface area contributed by atoms with Gasteiger partial charge in [0.25, 0.3) is 0 Å². The summed E-state index contributed by atoms with van der Waals surface area (Å²) < 4.78 is 5.90. The topological polar surface area (TPSA) is 38.3 Å². The lowest BCUT2D eigenvalue weighted by Crippen LogP contribution is -2.33. The van der Waals surface area contributed by atoms with E-state index in [-0.39, 0.29) is 6.09 Å². The van der Waals surface area contributed by atoms with Gasteiger partial charge in [0.1, 0.15) is 5.60 Å². The highest BCUT2D eigenvalue weighted by Crippen LogP contribution is 2.33. The van der Waals surface area contributed by atoms with Gasteiger partial charge in [-0.15, -0.1) is 23.5 Å². The first-order valence-electron chi connectivity index (χ1n) is 6.17. The Labute approximate surface area is 113 Å². The van der Waals surface area contributed by atoms with Crippen LogP contribution in [0.25, 0.3) is 0 Å². The maximum Gasteiger partial charge on any atom is 0.407 e. The van der Waals surface area contributed by atoms with Crippen LogP contribution in [0.15, 0.2) is 0 Å². The molecule has 0 aromatic heterocycles. The van der Waals surface area contributed by atoms with Gasteiger partial charge in [-0.2, -0.15) is 0 Å². The molecule has 1 aliphatic rings. The molecule has 0 atom stereocenters. The molecule has 1 N–H and O–H groups in total. The molecule has 1 amide bonds. The second-order valence-electron chi connectivity index (χ2n) is 5.10. The Morgan fingerprint density at radius 3 is 2.59 bits per heavy atom. The van der Waals surface area contributed by atoms with Crippen LogP contribution in [-0.4, -0.2) is 34.3 Å². The maximum absolute atomic E-state index is 11.4. The number of hydrogen-bond donors (Lipinski definition) is 1. The van der Waals surface area contributed by atoms with Crippen LogP contribution >= 0.6 is 23.5 Å². The van der Waals surface area contributed by atoms with Gasteiger partial charge in [0.2, 0.25) is 0 Å². The summed E-state index contributed by atoms with van der Waals surface area (Å²) in [5.41, 5.74) is -0.404. The summed E-state index contributed by atoms with van der Waals surface area (Å²) in [4.78, 5) is 11.4. The largest absolute Gasteiger partial charge is 0.444 e. The van der Waals surface area contributed by atoms with Gasteiger partial charge in [-0.05, 0) is 51.5 Å². The molecule has 0 aromatic rings. The summed E-state index contributed by atoms with van der Waals surface area (Å²) in [6.45, 7) is 6.35. The zero-order chi connectivity index (χ0) is 12.7. The van der Waals surface area contributed by atoms with Gasteiger partial charge in [-0.25, -0.2) is 4.79 Å². The predicted molar refractivity (Wildman–Crippen MR) is 76.8 cm³/mol. The Morgan fingerprint density at radius 1 is 1.35 bits per heavy atom. The third-order valence-corrected chi connectivity index (χ3v) is 5.26. The summed E-state index contributed by atoms with van der Waals surface area (Å²) in [7, 11) is 0. The molecular formula is C12H23NO2S2. The van der Waals surface area contributed by atoms with Crippen molar-refractivity contribution in [3.63, 3.8) is 0 Å². The molecule has 100 valence electrons. The average molecular weight is 277 g/mol. The minimum absolute atomic E-state index is 0.304. The van der Waals surface area contributed by atoms with Crippen LogP contribution in [-0.2, 0) is 4.74 Å². The number of hydrogen-bond acceptors (Lipinski definition) is 4. The van der Waals surface area contributed by atoms with E-state index in [4.69, 9.17) is 4.74 Å². The fourth-order valence-corrected chi connectivity index (χ4v) is 4.44. The van der Waals surface area contributed by atoms with Crippen LogP contribution in [0, 0.1) is 0 Å². The first kappa shape index (κ1) is 15.0. The van der Waals surface area contributed by atoms with Crippen molar-refractivity contribution in [2.45, 2.75) is 50.2 Å².